The van der Waals surface area contributed by atoms with Crippen LogP contribution in [-0.4, -0.2) is 40.3 Å². The van der Waals surface area contributed by atoms with E-state index in [1.165, 1.54) is 0 Å². The molecule has 138 valence electrons. The molecule has 26 heavy (non-hydrogen) atoms. The lowest BCUT2D eigenvalue weighted by Crippen LogP contribution is -2.49. The Labute approximate surface area is 155 Å². The van der Waals surface area contributed by atoms with Crippen molar-refractivity contribution >= 4 is 5.91 Å². The predicted molar refractivity (Wildman–Crippen MR) is 99.3 cm³/mol. The van der Waals surface area contributed by atoms with Crippen LogP contribution in [0.4, 0.5) is 0 Å². The first kappa shape index (κ1) is 17.3. The number of hydrogen-bond donors (Lipinski definition) is 0. The van der Waals surface area contributed by atoms with Gasteiger partial charge in [-0.1, -0.05) is 13.0 Å². The fourth-order valence-electron chi connectivity index (χ4n) is 4.40. The third-order valence-corrected chi connectivity index (χ3v) is 5.80. The fraction of sp³-hybridized carbons (Fsp3) is 0.524. The first-order chi connectivity index (χ1) is 12.7. The zero-order chi connectivity index (χ0) is 18.0. The maximum absolute atomic E-state index is 13.3. The Morgan fingerprint density at radius 1 is 1.15 bits per heavy atom. The summed E-state index contributed by atoms with van der Waals surface area (Å²) in [6.07, 6.45) is 7.60. The van der Waals surface area contributed by atoms with Crippen molar-refractivity contribution in [2.45, 2.75) is 45.7 Å². The summed E-state index contributed by atoms with van der Waals surface area (Å²) >= 11 is 0. The number of aryl methyl sites for hydroxylation is 1. The van der Waals surface area contributed by atoms with Gasteiger partial charge in [-0.25, -0.2) is 0 Å². The zero-order valence-electron chi connectivity index (χ0n) is 15.5. The minimum Gasteiger partial charge on any atom is -0.465 e. The van der Waals surface area contributed by atoms with Crippen LogP contribution in [0.1, 0.15) is 43.3 Å². The zero-order valence-corrected chi connectivity index (χ0v) is 15.5. The smallest absolute Gasteiger partial charge is 0.230 e. The van der Waals surface area contributed by atoms with Crippen molar-refractivity contribution in [2.75, 3.05) is 19.6 Å². The number of likely N-dealkylation sites (tertiary alicyclic amines) is 2. The number of carbonyl (C=O) groups excluding carboxylic acids is 1. The third-order valence-electron chi connectivity index (χ3n) is 5.80. The quantitative estimate of drug-likeness (QED) is 0.828. The molecule has 0 radical (unpaired) electrons. The molecule has 1 unspecified atom stereocenters. The molecule has 5 nitrogen and oxygen atoms in total. The highest BCUT2D eigenvalue weighted by molar-refractivity contribution is 5.84. The summed E-state index contributed by atoms with van der Waals surface area (Å²) in [6.45, 7) is 6.24. The maximum atomic E-state index is 13.3. The molecule has 0 aliphatic carbocycles. The molecule has 1 amide bonds. The predicted octanol–water partition coefficient (Wildman–Crippen LogP) is 3.25. The fourth-order valence-corrected chi connectivity index (χ4v) is 4.40. The van der Waals surface area contributed by atoms with Crippen molar-refractivity contribution in [3.63, 3.8) is 0 Å². The SMILES string of the molecule is CCc1ccc(CN2CCC3(CCCN(Cc4cccnc4)C3=O)C2)o1. The normalized spacial score (nSPS) is 23.9. The van der Waals surface area contributed by atoms with Gasteiger partial charge in [-0.15, -0.1) is 0 Å². The Kier molecular flexibility index (Phi) is 4.81. The van der Waals surface area contributed by atoms with Gasteiger partial charge in [-0.3, -0.25) is 14.7 Å². The van der Waals surface area contributed by atoms with Gasteiger partial charge in [0.1, 0.15) is 11.5 Å². The van der Waals surface area contributed by atoms with Crippen LogP contribution in [0.3, 0.4) is 0 Å². The molecular formula is C21H27N3O2. The first-order valence-corrected chi connectivity index (χ1v) is 9.67. The van der Waals surface area contributed by atoms with E-state index in [1.807, 2.05) is 23.2 Å². The van der Waals surface area contributed by atoms with Crippen LogP contribution in [0.5, 0.6) is 0 Å². The molecule has 2 aromatic heterocycles. The van der Waals surface area contributed by atoms with Crippen LogP contribution in [0.15, 0.2) is 41.1 Å². The highest BCUT2D eigenvalue weighted by Gasteiger charge is 2.48. The number of furan rings is 1. The van der Waals surface area contributed by atoms with Crippen LogP contribution in [-0.2, 0) is 24.3 Å². The van der Waals surface area contributed by atoms with Crippen LogP contribution < -0.4 is 0 Å². The molecule has 0 bridgehead atoms. The largest absolute Gasteiger partial charge is 0.465 e. The maximum Gasteiger partial charge on any atom is 0.230 e. The van der Waals surface area contributed by atoms with E-state index in [0.29, 0.717) is 12.5 Å². The number of amides is 1. The van der Waals surface area contributed by atoms with Crippen LogP contribution in [0, 0.1) is 5.41 Å². The lowest BCUT2D eigenvalue weighted by Gasteiger charge is -2.39. The average Bonchev–Trinajstić information content (AvgIpc) is 3.28. The molecule has 2 saturated heterocycles. The van der Waals surface area contributed by atoms with Gasteiger partial charge in [0, 0.05) is 38.4 Å². The van der Waals surface area contributed by atoms with Gasteiger partial charge in [0.05, 0.1) is 12.0 Å². The second-order valence-electron chi connectivity index (χ2n) is 7.65. The van der Waals surface area contributed by atoms with Crippen LogP contribution >= 0.6 is 0 Å². The summed E-state index contributed by atoms with van der Waals surface area (Å²) in [5.41, 5.74) is 0.899. The monoisotopic (exact) mass is 353 g/mol. The molecule has 0 saturated carbocycles. The molecule has 1 atom stereocenters. The molecule has 4 rings (SSSR count). The van der Waals surface area contributed by atoms with Crippen molar-refractivity contribution in [3.05, 3.63) is 53.7 Å². The molecule has 0 aromatic carbocycles. The van der Waals surface area contributed by atoms with Crippen molar-refractivity contribution < 1.29 is 9.21 Å². The molecule has 5 heteroatoms. The molecule has 0 N–H and O–H groups in total. The molecular weight excluding hydrogens is 326 g/mol. The lowest BCUT2D eigenvalue weighted by molar-refractivity contribution is -0.146. The van der Waals surface area contributed by atoms with Crippen molar-refractivity contribution in [1.82, 2.24) is 14.8 Å². The van der Waals surface area contributed by atoms with E-state index in [0.717, 1.165) is 68.9 Å². The van der Waals surface area contributed by atoms with Crippen molar-refractivity contribution in [3.8, 4) is 0 Å². The van der Waals surface area contributed by atoms with Gasteiger partial charge in [0.2, 0.25) is 5.91 Å². The average molecular weight is 353 g/mol. The molecule has 2 aliphatic rings. The van der Waals surface area contributed by atoms with Crippen LogP contribution in [0.25, 0.3) is 0 Å². The summed E-state index contributed by atoms with van der Waals surface area (Å²) in [7, 11) is 0. The second kappa shape index (κ2) is 7.23. The van der Waals surface area contributed by atoms with Gasteiger partial charge >= 0.3 is 0 Å². The Morgan fingerprint density at radius 3 is 2.81 bits per heavy atom. The van der Waals surface area contributed by atoms with E-state index in [9.17, 15) is 4.79 Å². The highest BCUT2D eigenvalue weighted by atomic mass is 16.3. The van der Waals surface area contributed by atoms with E-state index >= 15 is 0 Å². The number of carbonyl (C=O) groups is 1. The van der Waals surface area contributed by atoms with E-state index in [2.05, 4.69) is 28.9 Å². The Morgan fingerprint density at radius 2 is 2.04 bits per heavy atom. The van der Waals surface area contributed by atoms with Crippen molar-refractivity contribution in [2.24, 2.45) is 5.41 Å². The van der Waals surface area contributed by atoms with E-state index in [4.69, 9.17) is 4.42 Å². The summed E-state index contributed by atoms with van der Waals surface area (Å²) < 4.78 is 5.85. The summed E-state index contributed by atoms with van der Waals surface area (Å²) in [6, 6.07) is 8.11. The number of nitrogens with zero attached hydrogens (tertiary/aromatic N) is 3. The topological polar surface area (TPSA) is 49.6 Å². The van der Waals surface area contributed by atoms with E-state index in [1.54, 1.807) is 6.20 Å². The van der Waals surface area contributed by atoms with Gasteiger partial charge in [-0.05, 0) is 49.6 Å². The Bertz CT molecular complexity index is 758. The number of rotatable bonds is 5. The van der Waals surface area contributed by atoms with E-state index < -0.39 is 0 Å². The number of aromatic nitrogens is 1. The highest BCUT2D eigenvalue weighted by Crippen LogP contribution is 2.41. The molecule has 2 fully saturated rings. The first-order valence-electron chi connectivity index (χ1n) is 9.67. The van der Waals surface area contributed by atoms with Gasteiger partial charge < -0.3 is 9.32 Å². The number of piperidine rings is 1. The number of hydrogen-bond acceptors (Lipinski definition) is 4. The Balaban J connectivity index is 1.42. The lowest BCUT2D eigenvalue weighted by atomic mass is 9.78. The summed E-state index contributed by atoms with van der Waals surface area (Å²) in [4.78, 5) is 21.8. The second-order valence-corrected chi connectivity index (χ2v) is 7.65. The standard InChI is InChI=1S/C21H27N3O2/c1-2-18-6-7-19(26-18)15-23-12-9-21(16-23)8-4-11-24(20(21)25)14-17-5-3-10-22-13-17/h3,5-7,10,13H,2,4,8-9,11-12,14-16H2,1H3. The minimum absolute atomic E-state index is 0.208. The Hall–Kier alpha value is -2.14. The molecule has 1 spiro atoms. The molecule has 4 heterocycles. The summed E-state index contributed by atoms with van der Waals surface area (Å²) in [5.74, 6) is 2.36. The number of pyridine rings is 1. The minimum atomic E-state index is -0.208. The molecule has 2 aromatic rings. The van der Waals surface area contributed by atoms with Crippen LogP contribution in [0.2, 0.25) is 0 Å². The third kappa shape index (κ3) is 3.40. The summed E-state index contributed by atoms with van der Waals surface area (Å²) in [5, 5.41) is 0. The van der Waals surface area contributed by atoms with Gasteiger partial charge in [0.25, 0.3) is 0 Å². The molecule has 2 aliphatic heterocycles. The van der Waals surface area contributed by atoms with Gasteiger partial charge in [-0.2, -0.15) is 0 Å². The van der Waals surface area contributed by atoms with Crippen molar-refractivity contribution in [1.29, 1.82) is 0 Å². The van der Waals surface area contributed by atoms with Gasteiger partial charge in [0.15, 0.2) is 0 Å². The van der Waals surface area contributed by atoms with E-state index in [-0.39, 0.29) is 5.41 Å².